The first-order chi connectivity index (χ1) is 9.74. The maximum atomic E-state index is 11.7. The van der Waals surface area contributed by atoms with Crippen LogP contribution in [0.2, 0.25) is 0 Å². The van der Waals surface area contributed by atoms with Crippen molar-refractivity contribution in [2.45, 2.75) is 13.0 Å². The fourth-order valence-corrected chi connectivity index (χ4v) is 1.57. The number of rotatable bonds is 5. The molecule has 0 radical (unpaired) electrons. The first-order valence-electron chi connectivity index (χ1n) is 6.32. The molecule has 2 heterocycles. The first kappa shape index (κ1) is 13.7. The van der Waals surface area contributed by atoms with Crippen LogP contribution in [0.3, 0.4) is 0 Å². The molecule has 1 amide bonds. The lowest BCUT2D eigenvalue weighted by Gasteiger charge is -2.09. The van der Waals surface area contributed by atoms with Gasteiger partial charge in [0, 0.05) is 24.5 Å². The number of carbonyl (C=O) groups excluding carboxylic acids is 1. The molecule has 0 bridgehead atoms. The number of anilines is 2. The number of carbonyl (C=O) groups is 1. The van der Waals surface area contributed by atoms with E-state index >= 15 is 0 Å². The largest absolute Gasteiger partial charge is 0.364 e. The van der Waals surface area contributed by atoms with Gasteiger partial charge in [-0.05, 0) is 31.2 Å². The number of nitrogens with zero attached hydrogens (tertiary/aromatic N) is 2. The summed E-state index contributed by atoms with van der Waals surface area (Å²) in [4.78, 5) is 19.9. The molecule has 0 unspecified atom stereocenters. The maximum Gasteiger partial charge on any atom is 0.249 e. The van der Waals surface area contributed by atoms with Crippen molar-refractivity contribution in [1.29, 1.82) is 0 Å². The van der Waals surface area contributed by atoms with Crippen LogP contribution >= 0.6 is 0 Å². The van der Waals surface area contributed by atoms with Gasteiger partial charge in [0.2, 0.25) is 5.91 Å². The smallest absolute Gasteiger partial charge is 0.249 e. The molecule has 102 valence electrons. The predicted molar refractivity (Wildman–Crippen MR) is 79.3 cm³/mol. The van der Waals surface area contributed by atoms with Gasteiger partial charge in [0.05, 0.1) is 0 Å². The monoisotopic (exact) mass is 268 g/mol. The summed E-state index contributed by atoms with van der Waals surface area (Å²) in [6.45, 7) is 1.94. The molecule has 20 heavy (non-hydrogen) atoms. The molecule has 0 saturated carbocycles. The Morgan fingerprint density at radius 2 is 1.75 bits per heavy atom. The van der Waals surface area contributed by atoms with E-state index in [2.05, 4.69) is 20.6 Å². The number of amides is 1. The molecule has 0 fully saturated rings. The zero-order valence-corrected chi connectivity index (χ0v) is 11.2. The molecule has 0 aromatic carbocycles. The normalized spacial score (nSPS) is 12.1. The zero-order chi connectivity index (χ0) is 14.2. The summed E-state index contributed by atoms with van der Waals surface area (Å²) in [5.74, 6) is 1.10. The molecule has 0 aliphatic carbocycles. The average molecular weight is 268 g/mol. The van der Waals surface area contributed by atoms with Crippen LogP contribution in [0.15, 0.2) is 60.9 Å². The number of aromatic nitrogens is 2. The van der Waals surface area contributed by atoms with Crippen LogP contribution in [0.1, 0.15) is 6.92 Å². The molecule has 2 rings (SSSR count). The van der Waals surface area contributed by atoms with Crippen molar-refractivity contribution in [2.24, 2.45) is 0 Å². The van der Waals surface area contributed by atoms with Gasteiger partial charge in [-0.1, -0.05) is 18.2 Å². The maximum absolute atomic E-state index is 11.7. The first-order valence-corrected chi connectivity index (χ1v) is 6.32. The van der Waals surface area contributed by atoms with Crippen molar-refractivity contribution in [3.05, 3.63) is 60.9 Å². The van der Waals surface area contributed by atoms with E-state index in [0.29, 0.717) is 5.82 Å². The van der Waals surface area contributed by atoms with Gasteiger partial charge in [-0.25, -0.2) is 9.97 Å². The summed E-state index contributed by atoms with van der Waals surface area (Å²) < 4.78 is 0. The van der Waals surface area contributed by atoms with Crippen LogP contribution in [0.25, 0.3) is 0 Å². The number of hydrogen-bond acceptors (Lipinski definition) is 4. The topological polar surface area (TPSA) is 66.9 Å². The third-order valence-electron chi connectivity index (χ3n) is 2.49. The molecule has 2 N–H and O–H groups in total. The highest BCUT2D eigenvalue weighted by Gasteiger charge is 2.01. The Labute approximate surface area is 117 Å². The lowest BCUT2D eigenvalue weighted by molar-refractivity contribution is -0.111. The molecule has 2 aromatic heterocycles. The van der Waals surface area contributed by atoms with Crippen LogP contribution < -0.4 is 10.6 Å². The average Bonchev–Trinajstić information content (AvgIpc) is 2.47. The summed E-state index contributed by atoms with van der Waals surface area (Å²) in [6, 6.07) is 11.0. The zero-order valence-electron chi connectivity index (χ0n) is 11.2. The minimum atomic E-state index is -0.210. The van der Waals surface area contributed by atoms with E-state index in [9.17, 15) is 4.79 Å². The molecule has 1 atom stereocenters. The van der Waals surface area contributed by atoms with Crippen LogP contribution in [0.5, 0.6) is 0 Å². The van der Waals surface area contributed by atoms with Crippen LogP contribution in [-0.4, -0.2) is 21.9 Å². The Bertz CT molecular complexity index is 569. The molecule has 0 spiro atoms. The Kier molecular flexibility index (Phi) is 4.83. The van der Waals surface area contributed by atoms with Crippen molar-refractivity contribution in [2.75, 3.05) is 10.6 Å². The van der Waals surface area contributed by atoms with Gasteiger partial charge < -0.3 is 10.6 Å². The highest BCUT2D eigenvalue weighted by atomic mass is 16.1. The summed E-state index contributed by atoms with van der Waals surface area (Å²) >= 11 is 0. The van der Waals surface area contributed by atoms with Gasteiger partial charge in [0.15, 0.2) is 0 Å². The Balaban J connectivity index is 1.84. The Morgan fingerprint density at radius 3 is 2.35 bits per heavy atom. The van der Waals surface area contributed by atoms with Gasteiger partial charge in [-0.2, -0.15) is 0 Å². The van der Waals surface area contributed by atoms with Gasteiger partial charge in [0.1, 0.15) is 11.6 Å². The highest BCUT2D eigenvalue weighted by molar-refractivity contribution is 5.98. The minimum Gasteiger partial charge on any atom is -0.364 e. The molecule has 0 aliphatic rings. The van der Waals surface area contributed by atoms with Crippen LogP contribution in [0.4, 0.5) is 11.6 Å². The molecule has 2 aromatic rings. The second-order valence-corrected chi connectivity index (χ2v) is 4.21. The SMILES string of the molecule is C[C@@H](/C=C/C(=O)Nc1ccccn1)Nc1ccccn1. The van der Waals surface area contributed by atoms with Crippen molar-refractivity contribution in [1.82, 2.24) is 9.97 Å². The molecular weight excluding hydrogens is 252 g/mol. The van der Waals surface area contributed by atoms with Crippen molar-refractivity contribution < 1.29 is 4.79 Å². The standard InChI is InChI=1S/C15H16N4O/c1-12(18-13-6-2-4-10-16-13)8-9-15(20)19-14-7-3-5-11-17-14/h2-12H,1H3,(H,16,18)(H,17,19,20)/b9-8+/t12-/m0/s1. The lowest BCUT2D eigenvalue weighted by Crippen LogP contribution is -2.15. The van der Waals surface area contributed by atoms with E-state index in [1.165, 1.54) is 6.08 Å². The summed E-state index contributed by atoms with van der Waals surface area (Å²) in [7, 11) is 0. The third kappa shape index (κ3) is 4.53. The highest BCUT2D eigenvalue weighted by Crippen LogP contribution is 2.04. The molecule has 0 saturated heterocycles. The van der Waals surface area contributed by atoms with E-state index in [-0.39, 0.29) is 11.9 Å². The summed E-state index contributed by atoms with van der Waals surface area (Å²) in [5, 5.41) is 5.85. The number of pyridine rings is 2. The Hall–Kier alpha value is -2.69. The van der Waals surface area contributed by atoms with Crippen LogP contribution in [-0.2, 0) is 4.79 Å². The molecule has 0 aliphatic heterocycles. The van der Waals surface area contributed by atoms with E-state index in [4.69, 9.17) is 0 Å². The van der Waals surface area contributed by atoms with Gasteiger partial charge in [-0.3, -0.25) is 4.79 Å². The van der Waals surface area contributed by atoms with E-state index in [1.807, 2.05) is 31.2 Å². The number of hydrogen-bond donors (Lipinski definition) is 2. The lowest BCUT2D eigenvalue weighted by atomic mass is 10.3. The van der Waals surface area contributed by atoms with Crippen molar-refractivity contribution in [3.8, 4) is 0 Å². The molecular formula is C15H16N4O. The summed E-state index contributed by atoms with van der Waals surface area (Å²) in [5.41, 5.74) is 0. The Morgan fingerprint density at radius 1 is 1.10 bits per heavy atom. The second-order valence-electron chi connectivity index (χ2n) is 4.21. The summed E-state index contributed by atoms with van der Waals surface area (Å²) in [6.07, 6.45) is 6.60. The minimum absolute atomic E-state index is 0.000572. The van der Waals surface area contributed by atoms with Crippen molar-refractivity contribution in [3.63, 3.8) is 0 Å². The predicted octanol–water partition coefficient (Wildman–Crippen LogP) is 2.47. The fourth-order valence-electron chi connectivity index (χ4n) is 1.57. The van der Waals surface area contributed by atoms with Gasteiger partial charge >= 0.3 is 0 Å². The second kappa shape index (κ2) is 7.04. The van der Waals surface area contributed by atoms with Crippen molar-refractivity contribution >= 4 is 17.5 Å². The van der Waals surface area contributed by atoms with Crippen LogP contribution in [0, 0.1) is 0 Å². The third-order valence-corrected chi connectivity index (χ3v) is 2.49. The van der Waals surface area contributed by atoms with Gasteiger partial charge in [0.25, 0.3) is 0 Å². The quantitative estimate of drug-likeness (QED) is 0.817. The fraction of sp³-hybridized carbons (Fsp3) is 0.133. The van der Waals surface area contributed by atoms with Gasteiger partial charge in [-0.15, -0.1) is 0 Å². The van der Waals surface area contributed by atoms with E-state index < -0.39 is 0 Å². The molecule has 5 heteroatoms. The molecule has 5 nitrogen and oxygen atoms in total. The number of nitrogens with one attached hydrogen (secondary N) is 2. The van der Waals surface area contributed by atoms with E-state index in [0.717, 1.165) is 5.82 Å². The van der Waals surface area contributed by atoms with E-state index in [1.54, 1.807) is 30.6 Å².